The van der Waals surface area contributed by atoms with Crippen LogP contribution in [0.15, 0.2) is 42.5 Å². The second-order valence-corrected chi connectivity index (χ2v) is 4.67. The fourth-order valence-corrected chi connectivity index (χ4v) is 2.13. The van der Waals surface area contributed by atoms with Crippen molar-refractivity contribution in [3.63, 3.8) is 0 Å². The van der Waals surface area contributed by atoms with Gasteiger partial charge in [0.05, 0.1) is 19.3 Å². The average molecular weight is 252 g/mol. The normalized spacial score (nSPS) is 16.4. The predicted molar refractivity (Wildman–Crippen MR) is 71.4 cm³/mol. The Morgan fingerprint density at radius 1 is 1.21 bits per heavy atom. The first-order valence-corrected chi connectivity index (χ1v) is 6.03. The molecule has 19 heavy (non-hydrogen) atoms. The third kappa shape index (κ3) is 1.85. The van der Waals surface area contributed by atoms with E-state index in [9.17, 15) is 4.79 Å². The number of anilines is 1. The molecule has 0 bridgehead atoms. The number of hydrogen-bond donors (Lipinski definition) is 1. The Morgan fingerprint density at radius 2 is 1.95 bits per heavy atom. The molecule has 0 saturated carbocycles. The standard InChI is InChI=1S/C15H12N2O2/c16-8-15(9-19-10-15)14(18)17-13-7-3-5-11-4-1-2-6-12(11)13/h1-7H,9-10H2,(H,17,18). The summed E-state index contributed by atoms with van der Waals surface area (Å²) in [7, 11) is 0. The van der Waals surface area contributed by atoms with Crippen LogP contribution >= 0.6 is 0 Å². The molecule has 0 atom stereocenters. The molecule has 1 aliphatic rings. The molecular weight excluding hydrogens is 240 g/mol. The van der Waals surface area contributed by atoms with Crippen LogP contribution in [-0.2, 0) is 9.53 Å². The van der Waals surface area contributed by atoms with E-state index in [1.807, 2.05) is 48.5 Å². The minimum Gasteiger partial charge on any atom is -0.377 e. The van der Waals surface area contributed by atoms with Crippen LogP contribution in [0.25, 0.3) is 10.8 Å². The van der Waals surface area contributed by atoms with Crippen molar-refractivity contribution in [2.24, 2.45) is 5.41 Å². The van der Waals surface area contributed by atoms with Crippen LogP contribution in [0.5, 0.6) is 0 Å². The Kier molecular flexibility index (Phi) is 2.69. The van der Waals surface area contributed by atoms with Crippen molar-refractivity contribution >= 4 is 22.4 Å². The van der Waals surface area contributed by atoms with E-state index >= 15 is 0 Å². The van der Waals surface area contributed by atoms with Gasteiger partial charge < -0.3 is 10.1 Å². The summed E-state index contributed by atoms with van der Waals surface area (Å²) in [6.45, 7) is 0.334. The number of nitrogens with zero attached hydrogens (tertiary/aromatic N) is 1. The van der Waals surface area contributed by atoms with Gasteiger partial charge in [-0.1, -0.05) is 36.4 Å². The SMILES string of the molecule is N#CC1(C(=O)Nc2cccc3ccccc23)COC1. The lowest BCUT2D eigenvalue weighted by Crippen LogP contribution is -2.50. The van der Waals surface area contributed by atoms with Gasteiger partial charge in [-0.25, -0.2) is 0 Å². The van der Waals surface area contributed by atoms with Gasteiger partial charge in [0, 0.05) is 11.1 Å². The van der Waals surface area contributed by atoms with E-state index in [-0.39, 0.29) is 19.1 Å². The van der Waals surface area contributed by atoms with Crippen LogP contribution in [-0.4, -0.2) is 19.1 Å². The topological polar surface area (TPSA) is 62.1 Å². The molecule has 0 radical (unpaired) electrons. The molecule has 4 nitrogen and oxygen atoms in total. The van der Waals surface area contributed by atoms with Crippen LogP contribution in [0.1, 0.15) is 0 Å². The largest absolute Gasteiger partial charge is 0.377 e. The molecule has 0 aromatic heterocycles. The highest BCUT2D eigenvalue weighted by molar-refractivity contribution is 6.05. The van der Waals surface area contributed by atoms with Crippen molar-refractivity contribution in [3.05, 3.63) is 42.5 Å². The van der Waals surface area contributed by atoms with E-state index in [0.29, 0.717) is 0 Å². The molecule has 1 heterocycles. The van der Waals surface area contributed by atoms with Gasteiger partial charge in [-0.05, 0) is 11.5 Å². The van der Waals surface area contributed by atoms with Crippen molar-refractivity contribution < 1.29 is 9.53 Å². The van der Waals surface area contributed by atoms with E-state index < -0.39 is 5.41 Å². The Balaban J connectivity index is 1.94. The summed E-state index contributed by atoms with van der Waals surface area (Å²) >= 11 is 0. The number of rotatable bonds is 2. The van der Waals surface area contributed by atoms with Gasteiger partial charge in [-0.2, -0.15) is 5.26 Å². The highest BCUT2D eigenvalue weighted by Gasteiger charge is 2.46. The number of ether oxygens (including phenoxy) is 1. The van der Waals surface area contributed by atoms with Gasteiger partial charge >= 0.3 is 0 Å². The van der Waals surface area contributed by atoms with Crippen molar-refractivity contribution in [1.82, 2.24) is 0 Å². The Hall–Kier alpha value is -2.38. The number of fused-ring (bicyclic) bond motifs is 1. The number of nitriles is 1. The minimum absolute atomic E-state index is 0.167. The molecule has 1 saturated heterocycles. The Bertz CT molecular complexity index is 679. The second-order valence-electron chi connectivity index (χ2n) is 4.67. The predicted octanol–water partition coefficient (Wildman–Crippen LogP) is 2.32. The summed E-state index contributed by atoms with van der Waals surface area (Å²) in [5.74, 6) is -0.294. The maximum atomic E-state index is 12.2. The maximum absolute atomic E-state index is 12.2. The summed E-state index contributed by atoms with van der Waals surface area (Å²) in [5, 5.41) is 14.0. The monoisotopic (exact) mass is 252 g/mol. The van der Waals surface area contributed by atoms with Crippen molar-refractivity contribution in [1.29, 1.82) is 5.26 Å². The second kappa shape index (κ2) is 4.38. The molecule has 1 fully saturated rings. The Labute approximate surface area is 110 Å². The first kappa shape index (κ1) is 11.7. The summed E-state index contributed by atoms with van der Waals surface area (Å²) in [5.41, 5.74) is -0.304. The van der Waals surface area contributed by atoms with E-state index in [2.05, 4.69) is 5.32 Å². The molecule has 0 unspecified atom stereocenters. The van der Waals surface area contributed by atoms with Gasteiger partial charge in [0.2, 0.25) is 5.91 Å². The number of benzene rings is 2. The van der Waals surface area contributed by atoms with Crippen LogP contribution < -0.4 is 5.32 Å². The molecule has 1 amide bonds. The van der Waals surface area contributed by atoms with Gasteiger partial charge in [-0.15, -0.1) is 0 Å². The summed E-state index contributed by atoms with van der Waals surface area (Å²) in [6.07, 6.45) is 0. The van der Waals surface area contributed by atoms with Gasteiger partial charge in [0.1, 0.15) is 0 Å². The van der Waals surface area contributed by atoms with Crippen molar-refractivity contribution in [3.8, 4) is 6.07 Å². The summed E-state index contributed by atoms with van der Waals surface area (Å²) < 4.78 is 4.99. The number of carbonyl (C=O) groups is 1. The lowest BCUT2D eigenvalue weighted by atomic mass is 9.86. The summed E-state index contributed by atoms with van der Waals surface area (Å²) in [6, 6.07) is 15.6. The number of nitrogens with one attached hydrogen (secondary N) is 1. The molecule has 4 heteroatoms. The van der Waals surface area contributed by atoms with E-state index in [1.165, 1.54) is 0 Å². The van der Waals surface area contributed by atoms with E-state index in [4.69, 9.17) is 10.00 Å². The first-order chi connectivity index (χ1) is 9.25. The fourth-order valence-electron chi connectivity index (χ4n) is 2.13. The minimum atomic E-state index is -1.03. The lowest BCUT2D eigenvalue weighted by molar-refractivity contribution is -0.144. The smallest absolute Gasteiger partial charge is 0.249 e. The molecule has 0 aliphatic carbocycles. The molecular formula is C15H12N2O2. The molecule has 2 aromatic rings. The molecule has 0 spiro atoms. The van der Waals surface area contributed by atoms with Crippen LogP contribution in [0.3, 0.4) is 0 Å². The first-order valence-electron chi connectivity index (χ1n) is 6.03. The molecule has 2 aromatic carbocycles. The van der Waals surface area contributed by atoms with Crippen LogP contribution in [0.2, 0.25) is 0 Å². The fraction of sp³-hybridized carbons (Fsp3) is 0.200. The van der Waals surface area contributed by atoms with Gasteiger partial charge in [0.25, 0.3) is 0 Å². The van der Waals surface area contributed by atoms with Gasteiger partial charge in [-0.3, -0.25) is 4.79 Å². The number of carbonyl (C=O) groups excluding carboxylic acids is 1. The highest BCUT2D eigenvalue weighted by atomic mass is 16.5. The van der Waals surface area contributed by atoms with Crippen molar-refractivity contribution in [2.45, 2.75) is 0 Å². The lowest BCUT2D eigenvalue weighted by Gasteiger charge is -2.33. The summed E-state index contributed by atoms with van der Waals surface area (Å²) in [4.78, 5) is 12.2. The third-order valence-corrected chi connectivity index (χ3v) is 3.38. The van der Waals surface area contributed by atoms with E-state index in [1.54, 1.807) is 0 Å². The molecule has 1 N–H and O–H groups in total. The maximum Gasteiger partial charge on any atom is 0.249 e. The third-order valence-electron chi connectivity index (χ3n) is 3.38. The molecule has 1 aliphatic heterocycles. The quantitative estimate of drug-likeness (QED) is 0.892. The van der Waals surface area contributed by atoms with Gasteiger partial charge in [0.15, 0.2) is 5.41 Å². The molecule has 3 rings (SSSR count). The zero-order valence-electron chi connectivity index (χ0n) is 10.2. The van der Waals surface area contributed by atoms with Crippen LogP contribution in [0, 0.1) is 16.7 Å². The zero-order valence-corrected chi connectivity index (χ0v) is 10.2. The number of amides is 1. The highest BCUT2D eigenvalue weighted by Crippen LogP contribution is 2.30. The number of hydrogen-bond acceptors (Lipinski definition) is 3. The zero-order chi connectivity index (χ0) is 13.3. The Morgan fingerprint density at radius 3 is 2.63 bits per heavy atom. The van der Waals surface area contributed by atoms with E-state index in [0.717, 1.165) is 16.5 Å². The van der Waals surface area contributed by atoms with Crippen LogP contribution in [0.4, 0.5) is 5.69 Å². The molecule has 94 valence electrons. The average Bonchev–Trinajstić information content (AvgIpc) is 2.38. The van der Waals surface area contributed by atoms with Crippen molar-refractivity contribution in [2.75, 3.05) is 18.5 Å².